The van der Waals surface area contributed by atoms with E-state index in [1.54, 1.807) is 55.2 Å². The lowest BCUT2D eigenvalue weighted by Gasteiger charge is -2.12. The fraction of sp³-hybridized carbons (Fsp3) is 0.111. The molecule has 0 aliphatic heterocycles. The number of aromatic nitrogens is 1. The van der Waals surface area contributed by atoms with Crippen molar-refractivity contribution < 1.29 is 9.90 Å². The first kappa shape index (κ1) is 16.1. The summed E-state index contributed by atoms with van der Waals surface area (Å²) in [5.41, 5.74) is 0.336. The number of amides is 1. The maximum Gasteiger partial charge on any atom is 0.267 e. The molecule has 6 heteroatoms. The molecule has 5 nitrogen and oxygen atoms in total. The average molecular weight is 340 g/mol. The standard InChI is InChI=1S/C18H16N2O3S/c1-20-14-6-4-3-5-13(14)16(21)15(18(20)23)17(22)19-11-7-9-12(24-2)10-8-11/h3-10,21H,1-2H3,(H,19,22). The van der Waals surface area contributed by atoms with E-state index in [4.69, 9.17) is 0 Å². The molecule has 2 N–H and O–H groups in total. The molecule has 0 aliphatic rings. The number of thioether (sulfide) groups is 1. The summed E-state index contributed by atoms with van der Waals surface area (Å²) in [5, 5.41) is 13.5. The van der Waals surface area contributed by atoms with Crippen LogP contribution in [0.4, 0.5) is 5.69 Å². The molecule has 0 saturated carbocycles. The largest absolute Gasteiger partial charge is 0.506 e. The van der Waals surface area contributed by atoms with E-state index >= 15 is 0 Å². The third kappa shape index (κ3) is 2.76. The summed E-state index contributed by atoms with van der Waals surface area (Å²) in [6, 6.07) is 14.2. The summed E-state index contributed by atoms with van der Waals surface area (Å²) in [4.78, 5) is 26.1. The summed E-state index contributed by atoms with van der Waals surface area (Å²) in [5.74, 6) is -0.928. The molecule has 0 radical (unpaired) electrons. The molecule has 2 aromatic carbocycles. The van der Waals surface area contributed by atoms with Crippen molar-refractivity contribution in [2.24, 2.45) is 7.05 Å². The minimum atomic E-state index is -0.629. The Hall–Kier alpha value is -2.73. The first-order valence-corrected chi connectivity index (χ1v) is 8.51. The number of rotatable bonds is 3. The van der Waals surface area contributed by atoms with E-state index < -0.39 is 11.5 Å². The highest BCUT2D eigenvalue weighted by atomic mass is 32.2. The Morgan fingerprint density at radius 3 is 2.46 bits per heavy atom. The molecular weight excluding hydrogens is 324 g/mol. The summed E-state index contributed by atoms with van der Waals surface area (Å²) in [7, 11) is 1.58. The van der Waals surface area contributed by atoms with E-state index in [-0.39, 0.29) is 11.3 Å². The zero-order valence-electron chi connectivity index (χ0n) is 13.2. The van der Waals surface area contributed by atoms with E-state index in [9.17, 15) is 14.7 Å². The number of aromatic hydroxyl groups is 1. The zero-order chi connectivity index (χ0) is 17.3. The first-order chi connectivity index (χ1) is 11.5. The number of fused-ring (bicyclic) bond motifs is 1. The lowest BCUT2D eigenvalue weighted by atomic mass is 10.1. The minimum absolute atomic E-state index is 0.259. The SMILES string of the molecule is CSc1ccc(NC(=O)c2c(O)c3ccccc3n(C)c2=O)cc1. The van der Waals surface area contributed by atoms with Crippen molar-refractivity contribution in [1.82, 2.24) is 4.57 Å². The second-order valence-corrected chi connectivity index (χ2v) is 6.17. The van der Waals surface area contributed by atoms with Gasteiger partial charge in [0.05, 0.1) is 5.52 Å². The van der Waals surface area contributed by atoms with Gasteiger partial charge in [0, 0.05) is 23.0 Å². The normalized spacial score (nSPS) is 10.8. The van der Waals surface area contributed by atoms with Gasteiger partial charge in [0.15, 0.2) is 0 Å². The molecule has 0 fully saturated rings. The van der Waals surface area contributed by atoms with Gasteiger partial charge in [-0.1, -0.05) is 12.1 Å². The lowest BCUT2D eigenvalue weighted by Crippen LogP contribution is -2.28. The molecule has 0 aliphatic carbocycles. The van der Waals surface area contributed by atoms with E-state index in [0.717, 1.165) is 4.90 Å². The predicted octanol–water partition coefficient (Wildman–Crippen LogP) is 3.22. The Bertz CT molecular complexity index is 978. The smallest absolute Gasteiger partial charge is 0.267 e. The molecule has 0 unspecified atom stereocenters. The fourth-order valence-electron chi connectivity index (χ4n) is 2.55. The molecular formula is C18H16N2O3S. The van der Waals surface area contributed by atoms with Crippen LogP contribution in [0, 0.1) is 0 Å². The number of benzene rings is 2. The van der Waals surface area contributed by atoms with Crippen LogP contribution in [0.25, 0.3) is 10.9 Å². The second-order valence-electron chi connectivity index (χ2n) is 5.29. The summed E-state index contributed by atoms with van der Waals surface area (Å²) in [6.45, 7) is 0. The van der Waals surface area contributed by atoms with E-state index in [1.165, 1.54) is 4.57 Å². The van der Waals surface area contributed by atoms with Gasteiger partial charge in [0.25, 0.3) is 11.5 Å². The number of carbonyl (C=O) groups is 1. The molecule has 3 rings (SSSR count). The molecule has 1 amide bonds. The molecule has 3 aromatic rings. The average Bonchev–Trinajstić information content (AvgIpc) is 2.60. The highest BCUT2D eigenvalue weighted by Gasteiger charge is 2.21. The van der Waals surface area contributed by atoms with E-state index in [1.807, 2.05) is 18.4 Å². The van der Waals surface area contributed by atoms with E-state index in [2.05, 4.69) is 5.32 Å². The molecule has 0 atom stereocenters. The number of nitrogens with zero attached hydrogens (tertiary/aromatic N) is 1. The van der Waals surface area contributed by atoms with Crippen LogP contribution >= 0.6 is 11.8 Å². The van der Waals surface area contributed by atoms with Crippen LogP contribution in [-0.4, -0.2) is 21.8 Å². The van der Waals surface area contributed by atoms with Gasteiger partial charge < -0.3 is 15.0 Å². The summed E-state index contributed by atoms with van der Waals surface area (Å²) >= 11 is 1.59. The minimum Gasteiger partial charge on any atom is -0.506 e. The maximum atomic E-state index is 12.5. The van der Waals surface area contributed by atoms with Crippen LogP contribution in [0.1, 0.15) is 10.4 Å². The molecule has 0 bridgehead atoms. The third-order valence-corrected chi connectivity index (χ3v) is 4.59. The summed E-state index contributed by atoms with van der Waals surface area (Å²) < 4.78 is 1.36. The van der Waals surface area contributed by atoms with Crippen molar-refractivity contribution in [2.45, 2.75) is 4.90 Å². The second kappa shape index (κ2) is 6.41. The molecule has 0 spiro atoms. The lowest BCUT2D eigenvalue weighted by molar-refractivity contribution is 0.102. The van der Waals surface area contributed by atoms with Gasteiger partial charge in [0.1, 0.15) is 11.3 Å². The van der Waals surface area contributed by atoms with Crippen LogP contribution < -0.4 is 10.9 Å². The van der Waals surface area contributed by atoms with Crippen molar-refractivity contribution in [1.29, 1.82) is 0 Å². The van der Waals surface area contributed by atoms with Gasteiger partial charge in [-0.25, -0.2) is 0 Å². The van der Waals surface area contributed by atoms with Crippen molar-refractivity contribution in [2.75, 3.05) is 11.6 Å². The van der Waals surface area contributed by atoms with Gasteiger partial charge in [0.2, 0.25) is 0 Å². The molecule has 0 saturated heterocycles. The molecule has 122 valence electrons. The quantitative estimate of drug-likeness (QED) is 0.718. The molecule has 24 heavy (non-hydrogen) atoms. The van der Waals surface area contributed by atoms with Crippen molar-refractivity contribution in [3.8, 4) is 5.75 Å². The Morgan fingerprint density at radius 2 is 1.79 bits per heavy atom. The van der Waals surface area contributed by atoms with Gasteiger partial charge in [-0.3, -0.25) is 9.59 Å². The van der Waals surface area contributed by atoms with Crippen LogP contribution in [0.2, 0.25) is 0 Å². The topological polar surface area (TPSA) is 71.3 Å². The van der Waals surface area contributed by atoms with Crippen LogP contribution in [0.15, 0.2) is 58.2 Å². The van der Waals surface area contributed by atoms with Crippen molar-refractivity contribution in [3.63, 3.8) is 0 Å². The highest BCUT2D eigenvalue weighted by Crippen LogP contribution is 2.26. The monoisotopic (exact) mass is 340 g/mol. The molecule has 1 aromatic heterocycles. The third-order valence-electron chi connectivity index (χ3n) is 3.85. The Morgan fingerprint density at radius 1 is 1.12 bits per heavy atom. The van der Waals surface area contributed by atoms with Crippen molar-refractivity contribution in [3.05, 3.63) is 64.4 Å². The number of anilines is 1. The number of pyridine rings is 1. The maximum absolute atomic E-state index is 12.5. The molecule has 1 heterocycles. The number of para-hydroxylation sites is 1. The fourth-order valence-corrected chi connectivity index (χ4v) is 2.96. The highest BCUT2D eigenvalue weighted by molar-refractivity contribution is 7.98. The number of hydrogen-bond donors (Lipinski definition) is 2. The zero-order valence-corrected chi connectivity index (χ0v) is 14.1. The number of carbonyl (C=O) groups excluding carboxylic acids is 1. The Labute approximate surface area is 142 Å². The summed E-state index contributed by atoms with van der Waals surface area (Å²) in [6.07, 6.45) is 1.96. The number of nitrogens with one attached hydrogen (secondary N) is 1. The Kier molecular flexibility index (Phi) is 4.31. The van der Waals surface area contributed by atoms with Crippen molar-refractivity contribution >= 4 is 34.3 Å². The predicted molar refractivity (Wildman–Crippen MR) is 97.0 cm³/mol. The van der Waals surface area contributed by atoms with Crippen LogP contribution in [0.5, 0.6) is 5.75 Å². The number of hydrogen-bond acceptors (Lipinski definition) is 4. The van der Waals surface area contributed by atoms with Gasteiger partial charge in [-0.2, -0.15) is 0 Å². The van der Waals surface area contributed by atoms with Gasteiger partial charge in [-0.15, -0.1) is 11.8 Å². The van der Waals surface area contributed by atoms with Gasteiger partial charge in [-0.05, 0) is 42.7 Å². The van der Waals surface area contributed by atoms with Gasteiger partial charge >= 0.3 is 0 Å². The van der Waals surface area contributed by atoms with E-state index in [0.29, 0.717) is 16.6 Å². The van der Waals surface area contributed by atoms with Crippen LogP contribution in [0.3, 0.4) is 0 Å². The Balaban J connectivity index is 2.05. The number of aryl methyl sites for hydroxylation is 1. The van der Waals surface area contributed by atoms with Crippen LogP contribution in [-0.2, 0) is 7.05 Å². The first-order valence-electron chi connectivity index (χ1n) is 7.29.